The molecule has 2 atom stereocenters. The number of aliphatic hydroxyl groups is 1. The lowest BCUT2D eigenvalue weighted by molar-refractivity contribution is -0.119. The van der Waals surface area contributed by atoms with Crippen molar-refractivity contribution < 1.29 is 14.6 Å². The van der Waals surface area contributed by atoms with Crippen molar-refractivity contribution in [2.75, 3.05) is 45.9 Å². The number of carbonyl (C=O) groups excluding carboxylic acids is 1. The van der Waals surface area contributed by atoms with Gasteiger partial charge < -0.3 is 20.5 Å². The van der Waals surface area contributed by atoms with Gasteiger partial charge in [0.25, 0.3) is 0 Å². The van der Waals surface area contributed by atoms with Gasteiger partial charge in [-0.05, 0) is 6.42 Å². The first-order valence-electron chi connectivity index (χ1n) is 6.72. The molecule has 0 radical (unpaired) electrons. The first-order chi connectivity index (χ1) is 8.74. The first kappa shape index (κ1) is 13.7. The summed E-state index contributed by atoms with van der Waals surface area (Å²) >= 11 is 0. The summed E-state index contributed by atoms with van der Waals surface area (Å²) in [5.74, 6) is 0.135. The molecule has 2 heterocycles. The Kier molecular flexibility index (Phi) is 5.37. The topological polar surface area (TPSA) is 73.8 Å². The average Bonchev–Trinajstić information content (AvgIpc) is 2.76. The summed E-state index contributed by atoms with van der Waals surface area (Å²) in [6.45, 7) is 5.32. The minimum Gasteiger partial charge on any atom is -0.390 e. The van der Waals surface area contributed by atoms with Gasteiger partial charge in [-0.2, -0.15) is 0 Å². The van der Waals surface area contributed by atoms with Crippen LogP contribution in [0.4, 0.5) is 0 Å². The van der Waals surface area contributed by atoms with E-state index in [1.54, 1.807) is 0 Å². The van der Waals surface area contributed by atoms with Gasteiger partial charge in [0.2, 0.25) is 5.91 Å². The molecule has 0 saturated carbocycles. The number of amides is 1. The van der Waals surface area contributed by atoms with Gasteiger partial charge in [0.1, 0.15) is 0 Å². The number of rotatable bonds is 6. The molecular weight excluding hydrogens is 234 g/mol. The van der Waals surface area contributed by atoms with Crippen molar-refractivity contribution in [3.63, 3.8) is 0 Å². The lowest BCUT2D eigenvalue weighted by Gasteiger charge is -2.28. The summed E-state index contributed by atoms with van der Waals surface area (Å²) in [7, 11) is 0. The third-order valence-corrected chi connectivity index (χ3v) is 3.43. The van der Waals surface area contributed by atoms with E-state index in [1.165, 1.54) is 0 Å². The highest BCUT2D eigenvalue weighted by molar-refractivity contribution is 5.78. The van der Waals surface area contributed by atoms with Crippen LogP contribution in [0.15, 0.2) is 0 Å². The molecule has 0 aromatic rings. The predicted octanol–water partition coefficient (Wildman–Crippen LogP) is -1.45. The fourth-order valence-electron chi connectivity index (χ4n) is 2.40. The van der Waals surface area contributed by atoms with E-state index in [4.69, 9.17) is 4.74 Å². The molecule has 6 heteroatoms. The van der Waals surface area contributed by atoms with Gasteiger partial charge in [-0.1, -0.05) is 0 Å². The lowest BCUT2D eigenvalue weighted by Crippen LogP contribution is -2.45. The first-order valence-corrected chi connectivity index (χ1v) is 6.72. The van der Waals surface area contributed by atoms with Crippen molar-refractivity contribution in [2.24, 2.45) is 0 Å². The molecule has 6 nitrogen and oxygen atoms in total. The molecule has 2 aliphatic rings. The molecule has 2 fully saturated rings. The standard InChI is InChI=1S/C12H23N3O3/c16-11(9-15-3-5-18-6-4-15)8-13-7-10-1-2-12(17)14-10/h10-11,13,16H,1-9H2,(H,14,17). The number of nitrogens with zero attached hydrogens (tertiary/aromatic N) is 1. The van der Waals surface area contributed by atoms with Crippen LogP contribution in [0.25, 0.3) is 0 Å². The van der Waals surface area contributed by atoms with E-state index in [0.717, 1.165) is 39.3 Å². The summed E-state index contributed by atoms with van der Waals surface area (Å²) in [6.07, 6.45) is 1.16. The van der Waals surface area contributed by atoms with Gasteiger partial charge in [-0.3, -0.25) is 9.69 Å². The van der Waals surface area contributed by atoms with Crippen LogP contribution >= 0.6 is 0 Å². The fourth-order valence-corrected chi connectivity index (χ4v) is 2.40. The molecule has 2 aliphatic heterocycles. The van der Waals surface area contributed by atoms with Crippen molar-refractivity contribution >= 4 is 5.91 Å². The van der Waals surface area contributed by atoms with Gasteiger partial charge >= 0.3 is 0 Å². The second-order valence-electron chi connectivity index (χ2n) is 5.03. The summed E-state index contributed by atoms with van der Waals surface area (Å²) in [5, 5.41) is 16.0. The molecule has 0 aliphatic carbocycles. The summed E-state index contributed by atoms with van der Waals surface area (Å²) in [5.41, 5.74) is 0. The number of morpholine rings is 1. The number of hydrogen-bond donors (Lipinski definition) is 3. The Bertz CT molecular complexity index is 269. The highest BCUT2D eigenvalue weighted by atomic mass is 16.5. The molecule has 0 spiro atoms. The molecule has 2 unspecified atom stereocenters. The molecule has 104 valence electrons. The molecule has 0 aromatic carbocycles. The third kappa shape index (κ3) is 4.53. The molecular formula is C12H23N3O3. The maximum Gasteiger partial charge on any atom is 0.220 e. The summed E-state index contributed by atoms with van der Waals surface area (Å²) in [6, 6.07) is 0.230. The van der Waals surface area contributed by atoms with E-state index in [2.05, 4.69) is 15.5 Å². The van der Waals surface area contributed by atoms with Crippen LogP contribution in [0.1, 0.15) is 12.8 Å². The molecule has 2 saturated heterocycles. The van der Waals surface area contributed by atoms with Crippen LogP contribution in [-0.2, 0) is 9.53 Å². The highest BCUT2D eigenvalue weighted by Gasteiger charge is 2.20. The third-order valence-electron chi connectivity index (χ3n) is 3.43. The van der Waals surface area contributed by atoms with Gasteiger partial charge in [0.05, 0.1) is 19.3 Å². The summed E-state index contributed by atoms with van der Waals surface area (Å²) in [4.78, 5) is 13.2. The van der Waals surface area contributed by atoms with Crippen molar-refractivity contribution in [1.29, 1.82) is 0 Å². The lowest BCUT2D eigenvalue weighted by atomic mass is 10.2. The zero-order valence-electron chi connectivity index (χ0n) is 10.7. The fraction of sp³-hybridized carbons (Fsp3) is 0.917. The highest BCUT2D eigenvalue weighted by Crippen LogP contribution is 2.05. The normalized spacial score (nSPS) is 27.2. The minimum absolute atomic E-state index is 0.135. The molecule has 0 aromatic heterocycles. The Labute approximate surface area is 108 Å². The quantitative estimate of drug-likeness (QED) is 0.543. The monoisotopic (exact) mass is 257 g/mol. The molecule has 3 N–H and O–H groups in total. The van der Waals surface area contributed by atoms with Crippen molar-refractivity contribution in [3.8, 4) is 0 Å². The SMILES string of the molecule is O=C1CCC(CNCC(O)CN2CCOCC2)N1. The number of hydrogen-bond acceptors (Lipinski definition) is 5. The van der Waals surface area contributed by atoms with E-state index in [9.17, 15) is 9.90 Å². The Balaban J connectivity index is 1.54. The van der Waals surface area contributed by atoms with E-state index in [-0.39, 0.29) is 18.1 Å². The van der Waals surface area contributed by atoms with Crippen molar-refractivity contribution in [2.45, 2.75) is 25.0 Å². The maximum absolute atomic E-state index is 11.0. The predicted molar refractivity (Wildman–Crippen MR) is 67.3 cm³/mol. The zero-order chi connectivity index (χ0) is 12.8. The number of nitrogens with one attached hydrogen (secondary N) is 2. The average molecular weight is 257 g/mol. The van der Waals surface area contributed by atoms with Crippen LogP contribution in [0.5, 0.6) is 0 Å². The van der Waals surface area contributed by atoms with Crippen LogP contribution in [-0.4, -0.2) is 74.0 Å². The Morgan fingerprint density at radius 1 is 1.50 bits per heavy atom. The molecule has 1 amide bonds. The van der Waals surface area contributed by atoms with E-state index in [1.807, 2.05) is 0 Å². The molecule has 0 bridgehead atoms. The Morgan fingerprint density at radius 3 is 2.94 bits per heavy atom. The van der Waals surface area contributed by atoms with Crippen molar-refractivity contribution in [1.82, 2.24) is 15.5 Å². The molecule has 2 rings (SSSR count). The maximum atomic E-state index is 11.0. The minimum atomic E-state index is -0.361. The number of aliphatic hydroxyl groups excluding tert-OH is 1. The Morgan fingerprint density at radius 2 is 2.28 bits per heavy atom. The van der Waals surface area contributed by atoms with Crippen LogP contribution in [0.2, 0.25) is 0 Å². The second kappa shape index (κ2) is 7.04. The van der Waals surface area contributed by atoms with Crippen molar-refractivity contribution in [3.05, 3.63) is 0 Å². The van der Waals surface area contributed by atoms with E-state index >= 15 is 0 Å². The second-order valence-corrected chi connectivity index (χ2v) is 5.03. The molecule has 18 heavy (non-hydrogen) atoms. The van der Waals surface area contributed by atoms with E-state index < -0.39 is 0 Å². The Hall–Kier alpha value is -0.690. The van der Waals surface area contributed by atoms with Gasteiger partial charge in [-0.15, -0.1) is 0 Å². The van der Waals surface area contributed by atoms with Crippen LogP contribution in [0.3, 0.4) is 0 Å². The number of β-amino-alcohol motifs (C(OH)–C–C–N with tert-alkyl or cyclic N) is 1. The van der Waals surface area contributed by atoms with Gasteiger partial charge in [-0.25, -0.2) is 0 Å². The largest absolute Gasteiger partial charge is 0.390 e. The van der Waals surface area contributed by atoms with Crippen LogP contribution in [0, 0.1) is 0 Å². The van der Waals surface area contributed by atoms with E-state index in [0.29, 0.717) is 19.5 Å². The number of carbonyl (C=O) groups is 1. The summed E-state index contributed by atoms with van der Waals surface area (Å²) < 4.78 is 5.26. The van der Waals surface area contributed by atoms with Gasteiger partial charge in [0, 0.05) is 45.2 Å². The smallest absolute Gasteiger partial charge is 0.220 e. The number of ether oxygens (including phenoxy) is 1. The van der Waals surface area contributed by atoms with Crippen LogP contribution < -0.4 is 10.6 Å². The van der Waals surface area contributed by atoms with Gasteiger partial charge in [0.15, 0.2) is 0 Å². The zero-order valence-corrected chi connectivity index (χ0v) is 10.7.